The molecule has 1 amide bonds. The molecule has 0 aromatic heterocycles. The number of amides is 1. The molecule has 0 saturated heterocycles. The lowest BCUT2D eigenvalue weighted by Gasteiger charge is -2.25. The van der Waals surface area contributed by atoms with Gasteiger partial charge in [-0.05, 0) is 38.2 Å². The number of esters is 2. The Balaban J connectivity index is 2.63. The van der Waals surface area contributed by atoms with Crippen molar-refractivity contribution in [3.8, 4) is 0 Å². The highest BCUT2D eigenvalue weighted by Gasteiger charge is 2.28. The summed E-state index contributed by atoms with van der Waals surface area (Å²) >= 11 is 0. The molecule has 0 fully saturated rings. The van der Waals surface area contributed by atoms with E-state index in [1.165, 1.54) is 0 Å². The lowest BCUT2D eigenvalue weighted by molar-refractivity contribution is -0.159. The molecule has 156 valence electrons. The Kier molecular flexibility index (Phi) is 8.66. The Bertz CT molecular complexity index is 656. The molecule has 0 aliphatic heterocycles. The molecule has 0 heterocycles. The number of ether oxygens (including phenoxy) is 2. The molecule has 0 aliphatic rings. The number of benzene rings is 1. The van der Waals surface area contributed by atoms with Crippen LogP contribution in [-0.2, 0) is 30.5 Å². The van der Waals surface area contributed by atoms with E-state index in [0.29, 0.717) is 0 Å². The van der Waals surface area contributed by atoms with Gasteiger partial charge in [-0.15, -0.1) is 0 Å². The third-order valence-electron chi connectivity index (χ3n) is 3.60. The van der Waals surface area contributed by atoms with Crippen LogP contribution in [0.2, 0.25) is 0 Å². The molecule has 1 aromatic carbocycles. The lowest BCUT2D eigenvalue weighted by Crippen LogP contribution is -2.45. The Morgan fingerprint density at radius 2 is 1.61 bits per heavy atom. The van der Waals surface area contributed by atoms with Crippen molar-refractivity contribution in [1.29, 1.82) is 0 Å². The van der Waals surface area contributed by atoms with Crippen molar-refractivity contribution < 1.29 is 23.9 Å². The molecular formula is C22H33NO5. The predicted octanol–water partition coefficient (Wildman–Crippen LogP) is 3.77. The van der Waals surface area contributed by atoms with E-state index < -0.39 is 23.6 Å². The van der Waals surface area contributed by atoms with Crippen molar-refractivity contribution >= 4 is 17.8 Å². The molecule has 0 spiro atoms. The summed E-state index contributed by atoms with van der Waals surface area (Å²) in [5.41, 5.74) is -0.00671. The fourth-order valence-electron chi connectivity index (χ4n) is 2.42. The molecule has 0 radical (unpaired) electrons. The van der Waals surface area contributed by atoms with Gasteiger partial charge in [0, 0.05) is 12.8 Å². The quantitative estimate of drug-likeness (QED) is 0.682. The standard InChI is InChI=1S/C22H33NO5/c1-21(2,3)14-18(24)23-17(20(26)28-22(4,5)6)12-13-19(25)27-15-16-10-8-7-9-11-16/h7-11,17H,12-15H2,1-6H3,(H,23,24)/t17-/m0/s1. The van der Waals surface area contributed by atoms with Gasteiger partial charge in [0.2, 0.25) is 5.91 Å². The van der Waals surface area contributed by atoms with Gasteiger partial charge < -0.3 is 14.8 Å². The molecule has 28 heavy (non-hydrogen) atoms. The molecule has 0 unspecified atom stereocenters. The fraction of sp³-hybridized carbons (Fsp3) is 0.591. The Morgan fingerprint density at radius 1 is 1.00 bits per heavy atom. The van der Waals surface area contributed by atoms with Gasteiger partial charge in [0.25, 0.3) is 0 Å². The summed E-state index contributed by atoms with van der Waals surface area (Å²) < 4.78 is 10.6. The van der Waals surface area contributed by atoms with Gasteiger partial charge in [-0.2, -0.15) is 0 Å². The second-order valence-electron chi connectivity index (χ2n) is 9.08. The largest absolute Gasteiger partial charge is 0.461 e. The summed E-state index contributed by atoms with van der Waals surface area (Å²) in [4.78, 5) is 36.8. The molecule has 0 saturated carbocycles. The second-order valence-corrected chi connectivity index (χ2v) is 9.08. The minimum Gasteiger partial charge on any atom is -0.461 e. The van der Waals surface area contributed by atoms with Gasteiger partial charge in [-0.3, -0.25) is 9.59 Å². The summed E-state index contributed by atoms with van der Waals surface area (Å²) in [5, 5.41) is 2.70. The predicted molar refractivity (Wildman–Crippen MR) is 107 cm³/mol. The minimum absolute atomic E-state index is 0.00649. The summed E-state index contributed by atoms with van der Waals surface area (Å²) in [5.74, 6) is -1.23. The van der Waals surface area contributed by atoms with Crippen LogP contribution in [0.1, 0.15) is 66.4 Å². The van der Waals surface area contributed by atoms with Crippen LogP contribution in [0, 0.1) is 5.41 Å². The van der Waals surface area contributed by atoms with Crippen molar-refractivity contribution in [1.82, 2.24) is 5.32 Å². The van der Waals surface area contributed by atoms with Crippen LogP contribution in [0.3, 0.4) is 0 Å². The molecule has 6 heteroatoms. The maximum atomic E-state index is 12.5. The van der Waals surface area contributed by atoms with Crippen LogP contribution >= 0.6 is 0 Å². The molecule has 1 rings (SSSR count). The maximum absolute atomic E-state index is 12.5. The van der Waals surface area contributed by atoms with Gasteiger partial charge in [0.05, 0.1) is 0 Å². The number of carbonyl (C=O) groups is 3. The van der Waals surface area contributed by atoms with Crippen molar-refractivity contribution in [3.05, 3.63) is 35.9 Å². The van der Waals surface area contributed by atoms with Crippen LogP contribution in [-0.4, -0.2) is 29.5 Å². The highest BCUT2D eigenvalue weighted by molar-refractivity contribution is 5.85. The zero-order chi connectivity index (χ0) is 21.4. The number of nitrogens with one attached hydrogen (secondary N) is 1. The van der Waals surface area contributed by atoms with E-state index in [0.717, 1.165) is 5.56 Å². The lowest BCUT2D eigenvalue weighted by atomic mass is 9.92. The zero-order valence-electron chi connectivity index (χ0n) is 17.8. The fourth-order valence-corrected chi connectivity index (χ4v) is 2.42. The zero-order valence-corrected chi connectivity index (χ0v) is 17.8. The van der Waals surface area contributed by atoms with E-state index in [-0.39, 0.29) is 37.2 Å². The molecule has 0 aliphatic carbocycles. The van der Waals surface area contributed by atoms with E-state index in [2.05, 4.69) is 5.32 Å². The van der Waals surface area contributed by atoms with E-state index in [9.17, 15) is 14.4 Å². The number of rotatable bonds is 8. The van der Waals surface area contributed by atoms with Gasteiger partial charge >= 0.3 is 11.9 Å². The summed E-state index contributed by atoms with van der Waals surface area (Å²) in [7, 11) is 0. The summed E-state index contributed by atoms with van der Waals surface area (Å²) in [6.07, 6.45) is 0.399. The maximum Gasteiger partial charge on any atom is 0.329 e. The third kappa shape index (κ3) is 10.7. The molecule has 1 aromatic rings. The van der Waals surface area contributed by atoms with E-state index in [1.807, 2.05) is 51.1 Å². The Labute approximate surface area is 168 Å². The van der Waals surface area contributed by atoms with Gasteiger partial charge in [-0.1, -0.05) is 51.1 Å². The van der Waals surface area contributed by atoms with Crippen LogP contribution in [0.25, 0.3) is 0 Å². The van der Waals surface area contributed by atoms with Crippen molar-refractivity contribution in [2.24, 2.45) is 5.41 Å². The van der Waals surface area contributed by atoms with Gasteiger partial charge in [-0.25, -0.2) is 4.79 Å². The van der Waals surface area contributed by atoms with Crippen molar-refractivity contribution in [3.63, 3.8) is 0 Å². The minimum atomic E-state index is -0.890. The highest BCUT2D eigenvalue weighted by atomic mass is 16.6. The van der Waals surface area contributed by atoms with Crippen LogP contribution in [0.5, 0.6) is 0 Å². The first-order chi connectivity index (χ1) is 12.9. The van der Waals surface area contributed by atoms with Crippen LogP contribution < -0.4 is 5.32 Å². The summed E-state index contributed by atoms with van der Waals surface area (Å²) in [6, 6.07) is 8.46. The molecule has 0 bridgehead atoms. The second kappa shape index (κ2) is 10.2. The highest BCUT2D eigenvalue weighted by Crippen LogP contribution is 2.19. The van der Waals surface area contributed by atoms with E-state index in [4.69, 9.17) is 9.47 Å². The summed E-state index contributed by atoms with van der Waals surface area (Å²) in [6.45, 7) is 11.3. The number of hydrogen-bond acceptors (Lipinski definition) is 5. The molecule has 6 nitrogen and oxygen atoms in total. The number of carbonyl (C=O) groups excluding carboxylic acids is 3. The average molecular weight is 392 g/mol. The monoisotopic (exact) mass is 391 g/mol. The first-order valence-corrected chi connectivity index (χ1v) is 9.57. The van der Waals surface area contributed by atoms with E-state index in [1.54, 1.807) is 20.8 Å². The molecule has 1 atom stereocenters. The van der Waals surface area contributed by atoms with Crippen LogP contribution in [0.4, 0.5) is 0 Å². The van der Waals surface area contributed by atoms with Crippen LogP contribution in [0.15, 0.2) is 30.3 Å². The molecule has 1 N–H and O–H groups in total. The molecular weight excluding hydrogens is 358 g/mol. The first-order valence-electron chi connectivity index (χ1n) is 9.57. The average Bonchev–Trinajstić information content (AvgIpc) is 2.54. The Hall–Kier alpha value is -2.37. The topological polar surface area (TPSA) is 81.7 Å². The SMILES string of the molecule is CC(C)(C)CC(=O)N[C@@H](CCC(=O)OCc1ccccc1)C(=O)OC(C)(C)C. The first kappa shape index (κ1) is 23.7. The number of hydrogen-bond donors (Lipinski definition) is 1. The third-order valence-corrected chi connectivity index (χ3v) is 3.60. The van der Waals surface area contributed by atoms with Gasteiger partial charge in [0.15, 0.2) is 0 Å². The van der Waals surface area contributed by atoms with Gasteiger partial charge in [0.1, 0.15) is 18.2 Å². The van der Waals surface area contributed by atoms with Crippen molar-refractivity contribution in [2.75, 3.05) is 0 Å². The normalized spacial score (nSPS) is 12.8. The van der Waals surface area contributed by atoms with Crippen molar-refractivity contribution in [2.45, 2.75) is 79.1 Å². The Morgan fingerprint density at radius 3 is 2.14 bits per heavy atom. The smallest absolute Gasteiger partial charge is 0.329 e. The van der Waals surface area contributed by atoms with E-state index >= 15 is 0 Å².